The molecular formula is C29H28FNO7. The Hall–Kier alpha value is -4.53. The van der Waals surface area contributed by atoms with Crippen molar-refractivity contribution in [2.75, 3.05) is 32.8 Å². The molecule has 38 heavy (non-hydrogen) atoms. The van der Waals surface area contributed by atoms with E-state index in [9.17, 15) is 19.1 Å². The molecule has 1 aliphatic heterocycles. The van der Waals surface area contributed by atoms with Crippen LogP contribution in [0.3, 0.4) is 0 Å². The summed E-state index contributed by atoms with van der Waals surface area (Å²) in [4.78, 5) is 28.0. The number of methoxy groups -OCH3 is 3. The van der Waals surface area contributed by atoms with E-state index in [-0.39, 0.29) is 28.3 Å². The molecule has 0 bridgehead atoms. The van der Waals surface area contributed by atoms with Crippen LogP contribution in [-0.4, -0.2) is 44.7 Å². The van der Waals surface area contributed by atoms with E-state index in [1.807, 2.05) is 6.92 Å². The number of carbonyl (C=O) groups excluding carboxylic acids is 2. The highest BCUT2D eigenvalue weighted by molar-refractivity contribution is 6.51. The third kappa shape index (κ3) is 4.87. The average Bonchev–Trinajstić information content (AvgIpc) is 3.20. The smallest absolute Gasteiger partial charge is 0.300 e. The van der Waals surface area contributed by atoms with Crippen LogP contribution in [0, 0.1) is 5.82 Å². The van der Waals surface area contributed by atoms with Crippen molar-refractivity contribution >= 4 is 23.1 Å². The van der Waals surface area contributed by atoms with Crippen molar-refractivity contribution < 1.29 is 38.0 Å². The van der Waals surface area contributed by atoms with Gasteiger partial charge in [0.2, 0.25) is 5.75 Å². The van der Waals surface area contributed by atoms with E-state index in [1.165, 1.54) is 39.5 Å². The van der Waals surface area contributed by atoms with Gasteiger partial charge in [0.1, 0.15) is 17.3 Å². The summed E-state index contributed by atoms with van der Waals surface area (Å²) in [5.41, 5.74) is 0.627. The van der Waals surface area contributed by atoms with Gasteiger partial charge in [0, 0.05) is 11.3 Å². The zero-order valence-corrected chi connectivity index (χ0v) is 21.5. The van der Waals surface area contributed by atoms with Crippen molar-refractivity contribution in [3.05, 3.63) is 83.2 Å². The van der Waals surface area contributed by atoms with Crippen molar-refractivity contribution in [3.63, 3.8) is 0 Å². The minimum atomic E-state index is -1.13. The van der Waals surface area contributed by atoms with Gasteiger partial charge in [-0.05, 0) is 54.4 Å². The van der Waals surface area contributed by atoms with Crippen LogP contribution in [0.1, 0.15) is 30.5 Å². The van der Waals surface area contributed by atoms with Gasteiger partial charge in [-0.1, -0.05) is 25.1 Å². The number of hydrogen-bond donors (Lipinski definition) is 1. The highest BCUT2D eigenvalue weighted by Gasteiger charge is 2.47. The number of aliphatic hydroxyl groups is 1. The molecule has 3 aromatic carbocycles. The predicted molar refractivity (Wildman–Crippen MR) is 140 cm³/mol. The number of nitrogens with zero attached hydrogens (tertiary/aromatic N) is 1. The van der Waals surface area contributed by atoms with Gasteiger partial charge in [-0.3, -0.25) is 14.5 Å². The van der Waals surface area contributed by atoms with Gasteiger partial charge in [-0.15, -0.1) is 0 Å². The first-order valence-corrected chi connectivity index (χ1v) is 11.9. The molecule has 198 valence electrons. The van der Waals surface area contributed by atoms with Crippen LogP contribution in [0.5, 0.6) is 23.0 Å². The lowest BCUT2D eigenvalue weighted by atomic mass is 9.94. The number of benzene rings is 3. The summed E-state index contributed by atoms with van der Waals surface area (Å²) in [6.45, 7) is 2.44. The van der Waals surface area contributed by atoms with Crippen molar-refractivity contribution in [2.45, 2.75) is 19.4 Å². The summed E-state index contributed by atoms with van der Waals surface area (Å²) in [6, 6.07) is 14.0. The van der Waals surface area contributed by atoms with Gasteiger partial charge in [0.05, 0.1) is 39.6 Å². The normalized spacial score (nSPS) is 16.4. The molecule has 1 unspecified atom stereocenters. The molecule has 0 saturated carbocycles. The van der Waals surface area contributed by atoms with Crippen LogP contribution in [0.2, 0.25) is 0 Å². The lowest BCUT2D eigenvalue weighted by Gasteiger charge is -2.26. The quantitative estimate of drug-likeness (QED) is 0.233. The number of ketones is 1. The number of rotatable bonds is 9. The van der Waals surface area contributed by atoms with Crippen LogP contribution >= 0.6 is 0 Å². The van der Waals surface area contributed by atoms with E-state index >= 15 is 0 Å². The fourth-order valence-electron chi connectivity index (χ4n) is 4.41. The molecule has 0 aromatic heterocycles. The maximum absolute atomic E-state index is 14.2. The Morgan fingerprint density at radius 1 is 0.947 bits per heavy atom. The summed E-state index contributed by atoms with van der Waals surface area (Å²) < 4.78 is 36.3. The number of hydrogen-bond acceptors (Lipinski definition) is 7. The number of carbonyl (C=O) groups is 2. The Bertz CT molecular complexity index is 1380. The fraction of sp³-hybridized carbons (Fsp3) is 0.241. The number of amides is 1. The minimum Gasteiger partial charge on any atom is -0.507 e. The molecule has 0 spiro atoms. The molecule has 0 radical (unpaired) electrons. The zero-order chi connectivity index (χ0) is 27.4. The molecule has 1 amide bonds. The molecule has 1 fully saturated rings. The third-order valence-corrected chi connectivity index (χ3v) is 6.11. The fourth-order valence-corrected chi connectivity index (χ4v) is 4.41. The lowest BCUT2D eigenvalue weighted by Crippen LogP contribution is -2.29. The molecule has 9 heteroatoms. The Morgan fingerprint density at radius 3 is 2.24 bits per heavy atom. The highest BCUT2D eigenvalue weighted by atomic mass is 19.1. The van der Waals surface area contributed by atoms with E-state index in [4.69, 9.17) is 18.9 Å². The van der Waals surface area contributed by atoms with Crippen molar-refractivity contribution in [3.8, 4) is 23.0 Å². The first kappa shape index (κ1) is 26.5. The maximum Gasteiger partial charge on any atom is 0.300 e. The third-order valence-electron chi connectivity index (χ3n) is 6.11. The first-order valence-electron chi connectivity index (χ1n) is 11.9. The van der Waals surface area contributed by atoms with Crippen molar-refractivity contribution in [2.24, 2.45) is 0 Å². The Balaban J connectivity index is 1.98. The first-order chi connectivity index (χ1) is 18.3. The Labute approximate surface area is 219 Å². The molecule has 8 nitrogen and oxygen atoms in total. The standard InChI is InChI=1S/C29H28FNO7/c1-5-12-38-21-11-6-8-17(13-21)26(32)24-25(18-14-22(35-2)28(37-4)23(15-18)36-3)31(29(34)27(24)33)20-10-7-9-19(30)16-20/h6-11,13-16,25,32H,5,12H2,1-4H3/b26-24+. The van der Waals surface area contributed by atoms with Gasteiger partial charge in [0.15, 0.2) is 11.5 Å². The van der Waals surface area contributed by atoms with Gasteiger partial charge < -0.3 is 24.1 Å². The zero-order valence-electron chi connectivity index (χ0n) is 21.5. The minimum absolute atomic E-state index is 0.143. The second-order valence-electron chi connectivity index (χ2n) is 8.48. The largest absolute Gasteiger partial charge is 0.507 e. The van der Waals surface area contributed by atoms with Crippen LogP contribution in [0.4, 0.5) is 10.1 Å². The number of anilines is 1. The van der Waals surface area contributed by atoms with Gasteiger partial charge in [0.25, 0.3) is 11.7 Å². The lowest BCUT2D eigenvalue weighted by molar-refractivity contribution is -0.132. The molecule has 4 rings (SSSR count). The van der Waals surface area contributed by atoms with Gasteiger partial charge in [-0.25, -0.2) is 4.39 Å². The molecular weight excluding hydrogens is 493 g/mol. The van der Waals surface area contributed by atoms with E-state index < -0.39 is 29.3 Å². The summed E-state index contributed by atoms with van der Waals surface area (Å²) in [6.07, 6.45) is 0.788. The Kier molecular flexibility index (Phi) is 7.85. The van der Waals surface area contributed by atoms with Crippen molar-refractivity contribution in [1.82, 2.24) is 0 Å². The molecule has 0 aliphatic carbocycles. The summed E-state index contributed by atoms with van der Waals surface area (Å²) in [5, 5.41) is 11.4. The summed E-state index contributed by atoms with van der Waals surface area (Å²) in [7, 11) is 4.32. The number of aliphatic hydroxyl groups excluding tert-OH is 1. The molecule has 1 saturated heterocycles. The number of Topliss-reactive ketones (excluding diaryl/α,β-unsaturated/α-hetero) is 1. The molecule has 1 aliphatic rings. The van der Waals surface area contributed by atoms with Crippen LogP contribution in [0.15, 0.2) is 66.2 Å². The molecule has 3 aromatic rings. The molecule has 1 N–H and O–H groups in total. The second kappa shape index (κ2) is 11.2. The van der Waals surface area contributed by atoms with E-state index in [0.717, 1.165) is 17.4 Å². The topological polar surface area (TPSA) is 94.5 Å². The van der Waals surface area contributed by atoms with Crippen LogP contribution in [-0.2, 0) is 9.59 Å². The van der Waals surface area contributed by atoms with E-state index in [2.05, 4.69) is 0 Å². The average molecular weight is 522 g/mol. The number of halogens is 1. The van der Waals surface area contributed by atoms with Crippen LogP contribution < -0.4 is 23.8 Å². The van der Waals surface area contributed by atoms with Gasteiger partial charge >= 0.3 is 0 Å². The van der Waals surface area contributed by atoms with E-state index in [0.29, 0.717) is 23.7 Å². The summed E-state index contributed by atoms with van der Waals surface area (Å²) >= 11 is 0. The van der Waals surface area contributed by atoms with Crippen LogP contribution in [0.25, 0.3) is 5.76 Å². The maximum atomic E-state index is 14.2. The molecule has 1 heterocycles. The number of ether oxygens (including phenoxy) is 4. The van der Waals surface area contributed by atoms with Gasteiger partial charge in [-0.2, -0.15) is 0 Å². The highest BCUT2D eigenvalue weighted by Crippen LogP contribution is 2.47. The second-order valence-corrected chi connectivity index (χ2v) is 8.48. The molecule has 1 atom stereocenters. The van der Waals surface area contributed by atoms with E-state index in [1.54, 1.807) is 36.4 Å². The van der Waals surface area contributed by atoms with Crippen molar-refractivity contribution in [1.29, 1.82) is 0 Å². The summed E-state index contributed by atoms with van der Waals surface area (Å²) in [5.74, 6) is -1.47. The monoisotopic (exact) mass is 521 g/mol. The predicted octanol–water partition coefficient (Wildman–Crippen LogP) is 5.27. The Morgan fingerprint density at radius 2 is 1.63 bits per heavy atom. The SMILES string of the molecule is CCCOc1cccc(/C(O)=C2\C(=O)C(=O)N(c3cccc(F)c3)C2c2cc(OC)c(OC)c(OC)c2)c1.